The summed E-state index contributed by atoms with van der Waals surface area (Å²) in [6, 6.07) is 7.66. The molecule has 0 aliphatic heterocycles. The second-order valence-corrected chi connectivity index (χ2v) is 4.73. The van der Waals surface area contributed by atoms with Gasteiger partial charge >= 0.3 is 0 Å². The van der Waals surface area contributed by atoms with E-state index in [1.54, 1.807) is 6.07 Å². The zero-order valence-corrected chi connectivity index (χ0v) is 10.3. The van der Waals surface area contributed by atoms with Gasteiger partial charge in [0.15, 0.2) is 0 Å². The Hall–Kier alpha value is -1.73. The van der Waals surface area contributed by atoms with E-state index in [2.05, 4.69) is 11.4 Å². The van der Waals surface area contributed by atoms with Gasteiger partial charge in [-0.05, 0) is 44.0 Å². The normalized spacial score (nSPS) is 10.9. The average molecular weight is 233 g/mol. The number of nitrogens with zero attached hydrogens (tertiary/aromatic N) is 1. The third kappa shape index (κ3) is 3.97. The molecule has 0 unspecified atom stereocenters. The van der Waals surface area contributed by atoms with Crippen LogP contribution < -0.4 is 11.1 Å². The molecule has 1 aromatic carbocycles. The lowest BCUT2D eigenvalue weighted by Crippen LogP contribution is -2.31. The van der Waals surface area contributed by atoms with Gasteiger partial charge in [-0.2, -0.15) is 5.26 Å². The first kappa shape index (κ1) is 13.3. The fourth-order valence-corrected chi connectivity index (χ4v) is 1.65. The van der Waals surface area contributed by atoms with Gasteiger partial charge in [0.25, 0.3) is 0 Å². The lowest BCUT2D eigenvalue weighted by molar-refractivity contribution is 0.261. The standard InChI is InChI=1S/C13H19N3O/c1-13(2,6-8-17)16-11-3-4-12(15)10(9-11)5-7-14/h3-4,9,16-17H,5-6,8,15H2,1-2H3. The smallest absolute Gasteiger partial charge is 0.0670 e. The van der Waals surface area contributed by atoms with Crippen LogP contribution in [0.25, 0.3) is 0 Å². The van der Waals surface area contributed by atoms with Crippen LogP contribution in [0.2, 0.25) is 0 Å². The van der Waals surface area contributed by atoms with Gasteiger partial charge in [-0.1, -0.05) is 0 Å². The van der Waals surface area contributed by atoms with Crippen molar-refractivity contribution in [3.8, 4) is 6.07 Å². The van der Waals surface area contributed by atoms with Crippen LogP contribution in [-0.4, -0.2) is 17.3 Å². The number of aliphatic hydroxyl groups is 1. The molecule has 4 N–H and O–H groups in total. The zero-order chi connectivity index (χ0) is 12.9. The van der Waals surface area contributed by atoms with Crippen LogP contribution in [0.4, 0.5) is 11.4 Å². The molecule has 1 rings (SSSR count). The molecule has 4 nitrogen and oxygen atoms in total. The molecule has 0 aromatic heterocycles. The topological polar surface area (TPSA) is 82.1 Å². The van der Waals surface area contributed by atoms with Gasteiger partial charge in [-0.3, -0.25) is 0 Å². The quantitative estimate of drug-likeness (QED) is 0.678. The molecule has 0 aliphatic carbocycles. The van der Waals surface area contributed by atoms with Crippen molar-refractivity contribution in [1.82, 2.24) is 0 Å². The van der Waals surface area contributed by atoms with Crippen molar-refractivity contribution in [1.29, 1.82) is 5.26 Å². The molecule has 0 heterocycles. The Bertz CT molecular complexity index is 421. The van der Waals surface area contributed by atoms with Gasteiger partial charge < -0.3 is 16.2 Å². The Labute approximate surface area is 102 Å². The molecule has 17 heavy (non-hydrogen) atoms. The van der Waals surface area contributed by atoms with Crippen molar-refractivity contribution in [2.75, 3.05) is 17.7 Å². The first-order valence-electron chi connectivity index (χ1n) is 5.63. The Morgan fingerprint density at radius 2 is 2.18 bits per heavy atom. The molecule has 0 radical (unpaired) electrons. The molecule has 0 atom stereocenters. The molecule has 92 valence electrons. The number of nitriles is 1. The fraction of sp³-hybridized carbons (Fsp3) is 0.462. The van der Waals surface area contributed by atoms with Crippen LogP contribution in [0.15, 0.2) is 18.2 Å². The van der Waals surface area contributed by atoms with E-state index in [1.807, 2.05) is 26.0 Å². The molecule has 0 fully saturated rings. The van der Waals surface area contributed by atoms with Crippen LogP contribution in [0, 0.1) is 11.3 Å². The maximum absolute atomic E-state index is 8.96. The van der Waals surface area contributed by atoms with E-state index in [-0.39, 0.29) is 12.1 Å². The van der Waals surface area contributed by atoms with E-state index >= 15 is 0 Å². The number of nitrogens with two attached hydrogens (primary N) is 1. The van der Waals surface area contributed by atoms with E-state index in [1.165, 1.54) is 0 Å². The Morgan fingerprint density at radius 1 is 1.47 bits per heavy atom. The first-order chi connectivity index (χ1) is 7.98. The Kier molecular flexibility index (Phi) is 4.36. The van der Waals surface area contributed by atoms with Crippen molar-refractivity contribution in [3.05, 3.63) is 23.8 Å². The van der Waals surface area contributed by atoms with Crippen molar-refractivity contribution in [3.63, 3.8) is 0 Å². The van der Waals surface area contributed by atoms with Gasteiger partial charge in [-0.25, -0.2) is 0 Å². The largest absolute Gasteiger partial charge is 0.398 e. The highest BCUT2D eigenvalue weighted by molar-refractivity contribution is 5.58. The summed E-state index contributed by atoms with van der Waals surface area (Å²) in [4.78, 5) is 0. The number of nitrogen functional groups attached to an aromatic ring is 1. The molecule has 0 bridgehead atoms. The van der Waals surface area contributed by atoms with Crippen LogP contribution >= 0.6 is 0 Å². The molecule has 1 aromatic rings. The van der Waals surface area contributed by atoms with Gasteiger partial charge in [0, 0.05) is 23.5 Å². The molecule has 0 saturated carbocycles. The zero-order valence-electron chi connectivity index (χ0n) is 10.3. The van der Waals surface area contributed by atoms with E-state index in [9.17, 15) is 0 Å². The number of aliphatic hydroxyl groups excluding tert-OH is 1. The van der Waals surface area contributed by atoms with Gasteiger partial charge in [0.05, 0.1) is 12.5 Å². The highest BCUT2D eigenvalue weighted by Crippen LogP contribution is 2.22. The third-order valence-corrected chi connectivity index (χ3v) is 2.63. The van der Waals surface area contributed by atoms with Crippen molar-refractivity contribution >= 4 is 11.4 Å². The summed E-state index contributed by atoms with van der Waals surface area (Å²) in [5, 5.41) is 21.0. The molecule has 0 aliphatic rings. The summed E-state index contributed by atoms with van der Waals surface area (Å²) < 4.78 is 0. The monoisotopic (exact) mass is 233 g/mol. The predicted molar refractivity (Wildman–Crippen MR) is 69.6 cm³/mol. The highest BCUT2D eigenvalue weighted by atomic mass is 16.3. The van der Waals surface area contributed by atoms with E-state index in [0.29, 0.717) is 18.5 Å². The second-order valence-electron chi connectivity index (χ2n) is 4.73. The minimum Gasteiger partial charge on any atom is -0.398 e. The van der Waals surface area contributed by atoms with Crippen molar-refractivity contribution in [2.45, 2.75) is 32.2 Å². The summed E-state index contributed by atoms with van der Waals surface area (Å²) in [6.07, 6.45) is 0.965. The SMILES string of the molecule is CC(C)(CCO)Nc1ccc(N)c(CC#N)c1. The lowest BCUT2D eigenvalue weighted by Gasteiger charge is -2.27. The van der Waals surface area contributed by atoms with Crippen LogP contribution in [0.1, 0.15) is 25.8 Å². The predicted octanol–water partition coefficient (Wildman–Crippen LogP) is 1.91. The molecular formula is C13H19N3O. The third-order valence-electron chi connectivity index (χ3n) is 2.63. The number of hydrogen-bond acceptors (Lipinski definition) is 4. The molecular weight excluding hydrogens is 214 g/mol. The maximum atomic E-state index is 8.96. The summed E-state index contributed by atoms with van der Waals surface area (Å²) in [5.74, 6) is 0. The highest BCUT2D eigenvalue weighted by Gasteiger charge is 2.16. The summed E-state index contributed by atoms with van der Waals surface area (Å²) in [7, 11) is 0. The average Bonchev–Trinajstić information content (AvgIpc) is 2.23. The minimum absolute atomic E-state index is 0.139. The number of hydrogen-bond donors (Lipinski definition) is 3. The fourth-order valence-electron chi connectivity index (χ4n) is 1.65. The second kappa shape index (κ2) is 5.55. The number of nitrogens with one attached hydrogen (secondary N) is 1. The van der Waals surface area contributed by atoms with E-state index in [4.69, 9.17) is 16.1 Å². The van der Waals surface area contributed by atoms with Crippen molar-refractivity contribution < 1.29 is 5.11 Å². The van der Waals surface area contributed by atoms with Gasteiger partial charge in [0.2, 0.25) is 0 Å². The molecule has 4 heteroatoms. The summed E-state index contributed by atoms with van der Waals surface area (Å²) in [6.45, 7) is 4.17. The maximum Gasteiger partial charge on any atom is 0.0670 e. The van der Waals surface area contributed by atoms with Crippen LogP contribution in [0.3, 0.4) is 0 Å². The van der Waals surface area contributed by atoms with Crippen LogP contribution in [-0.2, 0) is 6.42 Å². The first-order valence-corrected chi connectivity index (χ1v) is 5.63. The molecule has 0 saturated heterocycles. The van der Waals surface area contributed by atoms with Gasteiger partial charge in [0.1, 0.15) is 0 Å². The molecule has 0 amide bonds. The summed E-state index contributed by atoms with van der Waals surface area (Å²) >= 11 is 0. The lowest BCUT2D eigenvalue weighted by atomic mass is 10.00. The Balaban J connectivity index is 2.86. The number of benzene rings is 1. The van der Waals surface area contributed by atoms with E-state index < -0.39 is 0 Å². The number of rotatable bonds is 5. The summed E-state index contributed by atoms with van der Waals surface area (Å²) in [5.41, 5.74) is 7.98. The van der Waals surface area contributed by atoms with Crippen molar-refractivity contribution in [2.24, 2.45) is 0 Å². The number of anilines is 2. The van der Waals surface area contributed by atoms with Gasteiger partial charge in [-0.15, -0.1) is 0 Å². The van der Waals surface area contributed by atoms with E-state index in [0.717, 1.165) is 11.3 Å². The van der Waals surface area contributed by atoms with Crippen LogP contribution in [0.5, 0.6) is 0 Å². The molecule has 0 spiro atoms. The Morgan fingerprint density at radius 3 is 2.76 bits per heavy atom. The minimum atomic E-state index is -0.186.